The molecular weight excluding hydrogens is 324 g/mol. The van der Waals surface area contributed by atoms with Gasteiger partial charge in [-0.1, -0.05) is 12.1 Å². The number of β-amino-alcohol motifs (C(OH)–C–C–N with tert-alkyl or cyclic N) is 1. The van der Waals surface area contributed by atoms with Crippen LogP contribution in [-0.2, 0) is 11.3 Å². The fraction of sp³-hybridized carbons (Fsp3) is 0.412. The standard InChI is InChI=1S/C17H22N4O4/c22-12-11-20-7-9-21(10-8-20)17-18-15(25-19-17)6-3-13-1-4-14(5-2-13)16(23)24/h1-2,4-6,22H,3,7-12H2,(H,18,19)(H,23,24)/b15-6-. The second-order valence-electron chi connectivity index (χ2n) is 5.94. The number of aromatic carboxylic acids is 1. The number of aliphatic hydroxyl groups is 1. The van der Waals surface area contributed by atoms with Gasteiger partial charge in [0.25, 0.3) is 0 Å². The number of hydroxylamine groups is 1. The molecule has 2 heterocycles. The van der Waals surface area contributed by atoms with Crippen LogP contribution in [0.3, 0.4) is 0 Å². The topological polar surface area (TPSA) is 97.6 Å². The summed E-state index contributed by atoms with van der Waals surface area (Å²) in [7, 11) is 0. The van der Waals surface area contributed by atoms with Gasteiger partial charge in [0.2, 0.25) is 11.8 Å². The first-order chi connectivity index (χ1) is 12.2. The van der Waals surface area contributed by atoms with Crippen molar-refractivity contribution in [3.8, 4) is 0 Å². The molecule has 2 aliphatic heterocycles. The average molecular weight is 346 g/mol. The van der Waals surface area contributed by atoms with E-state index in [2.05, 4.69) is 20.3 Å². The van der Waals surface area contributed by atoms with Gasteiger partial charge in [0.05, 0.1) is 12.2 Å². The number of rotatable bonds is 5. The van der Waals surface area contributed by atoms with E-state index in [1.54, 1.807) is 24.3 Å². The van der Waals surface area contributed by atoms with E-state index in [-0.39, 0.29) is 12.2 Å². The van der Waals surface area contributed by atoms with Crippen molar-refractivity contribution in [2.45, 2.75) is 6.42 Å². The van der Waals surface area contributed by atoms with E-state index < -0.39 is 5.97 Å². The molecule has 8 heteroatoms. The van der Waals surface area contributed by atoms with Crippen LogP contribution in [0.5, 0.6) is 0 Å². The Kier molecular flexibility index (Phi) is 5.52. The van der Waals surface area contributed by atoms with E-state index in [1.807, 2.05) is 6.08 Å². The summed E-state index contributed by atoms with van der Waals surface area (Å²) in [5.41, 5.74) is 4.11. The molecule has 25 heavy (non-hydrogen) atoms. The predicted octanol–water partition coefficient (Wildman–Crippen LogP) is 0.269. The summed E-state index contributed by atoms with van der Waals surface area (Å²) >= 11 is 0. The summed E-state index contributed by atoms with van der Waals surface area (Å²) in [6.45, 7) is 4.32. The SMILES string of the molecule is O=C(O)c1ccc(C/C=C2/N=C(N3CCN(CCO)CC3)NO2)cc1. The van der Waals surface area contributed by atoms with Crippen LogP contribution in [0.15, 0.2) is 41.2 Å². The van der Waals surface area contributed by atoms with E-state index in [9.17, 15) is 4.79 Å². The number of hydrogen-bond donors (Lipinski definition) is 3. The Hall–Kier alpha value is -2.58. The number of piperazine rings is 1. The minimum Gasteiger partial charge on any atom is -0.478 e. The summed E-state index contributed by atoms with van der Waals surface area (Å²) in [5, 5.41) is 17.9. The zero-order valence-electron chi connectivity index (χ0n) is 13.9. The number of carboxylic acid groups (broad SMARTS) is 1. The van der Waals surface area contributed by atoms with Crippen LogP contribution >= 0.6 is 0 Å². The molecule has 0 aliphatic carbocycles. The maximum atomic E-state index is 10.8. The molecule has 0 unspecified atom stereocenters. The second kappa shape index (κ2) is 8.00. The predicted molar refractivity (Wildman–Crippen MR) is 91.9 cm³/mol. The number of allylic oxidation sites excluding steroid dienone is 1. The van der Waals surface area contributed by atoms with E-state index in [4.69, 9.17) is 15.1 Å². The summed E-state index contributed by atoms with van der Waals surface area (Å²) < 4.78 is 0. The average Bonchev–Trinajstić information content (AvgIpc) is 3.10. The molecule has 0 aromatic heterocycles. The van der Waals surface area contributed by atoms with Crippen molar-refractivity contribution in [2.24, 2.45) is 4.99 Å². The monoisotopic (exact) mass is 346 g/mol. The van der Waals surface area contributed by atoms with Crippen molar-refractivity contribution in [1.29, 1.82) is 0 Å². The lowest BCUT2D eigenvalue weighted by Crippen LogP contribution is -2.51. The summed E-state index contributed by atoms with van der Waals surface area (Å²) in [4.78, 5) is 25.0. The lowest BCUT2D eigenvalue weighted by Gasteiger charge is -2.34. The number of nitrogens with one attached hydrogen (secondary N) is 1. The van der Waals surface area contributed by atoms with Gasteiger partial charge in [-0.25, -0.2) is 4.79 Å². The third kappa shape index (κ3) is 4.49. The van der Waals surface area contributed by atoms with Crippen LogP contribution < -0.4 is 5.48 Å². The van der Waals surface area contributed by atoms with Gasteiger partial charge in [0.1, 0.15) is 0 Å². The van der Waals surface area contributed by atoms with Gasteiger partial charge in [-0.05, 0) is 30.2 Å². The molecule has 1 saturated heterocycles. The van der Waals surface area contributed by atoms with Crippen molar-refractivity contribution in [2.75, 3.05) is 39.3 Å². The molecule has 8 nitrogen and oxygen atoms in total. The van der Waals surface area contributed by atoms with Gasteiger partial charge in [-0.3, -0.25) is 4.90 Å². The number of carbonyl (C=O) groups is 1. The fourth-order valence-corrected chi connectivity index (χ4v) is 2.78. The Morgan fingerprint density at radius 2 is 1.96 bits per heavy atom. The Morgan fingerprint density at radius 3 is 2.60 bits per heavy atom. The summed E-state index contributed by atoms with van der Waals surface area (Å²) in [6.07, 6.45) is 2.47. The maximum absolute atomic E-state index is 10.8. The number of guanidine groups is 1. The Bertz CT molecular complexity index is 664. The highest BCUT2D eigenvalue weighted by molar-refractivity contribution is 5.87. The lowest BCUT2D eigenvalue weighted by atomic mass is 10.1. The van der Waals surface area contributed by atoms with E-state index in [1.165, 1.54) is 0 Å². The molecule has 2 aliphatic rings. The van der Waals surface area contributed by atoms with E-state index in [0.717, 1.165) is 31.7 Å². The van der Waals surface area contributed by atoms with Crippen molar-refractivity contribution >= 4 is 11.9 Å². The molecule has 0 bridgehead atoms. The third-order valence-electron chi connectivity index (χ3n) is 4.26. The lowest BCUT2D eigenvalue weighted by molar-refractivity contribution is 0.0697. The minimum atomic E-state index is -0.929. The second-order valence-corrected chi connectivity index (χ2v) is 5.94. The number of hydrogen-bond acceptors (Lipinski definition) is 7. The zero-order valence-corrected chi connectivity index (χ0v) is 13.9. The van der Waals surface area contributed by atoms with Crippen LogP contribution in [0.1, 0.15) is 15.9 Å². The smallest absolute Gasteiger partial charge is 0.335 e. The highest BCUT2D eigenvalue weighted by Gasteiger charge is 2.23. The first-order valence-corrected chi connectivity index (χ1v) is 8.28. The largest absolute Gasteiger partial charge is 0.478 e. The van der Waals surface area contributed by atoms with Crippen LogP contribution in [0.4, 0.5) is 0 Å². The van der Waals surface area contributed by atoms with Crippen LogP contribution in [0, 0.1) is 0 Å². The number of aliphatic hydroxyl groups excluding tert-OH is 1. The van der Waals surface area contributed by atoms with Gasteiger partial charge < -0.3 is 20.0 Å². The minimum absolute atomic E-state index is 0.183. The fourth-order valence-electron chi connectivity index (χ4n) is 2.78. The molecular formula is C17H22N4O4. The normalized spacial score (nSPS) is 19.5. The first kappa shape index (κ1) is 17.2. The Labute approximate surface area is 146 Å². The molecule has 134 valence electrons. The van der Waals surface area contributed by atoms with Crippen LogP contribution in [-0.4, -0.2) is 71.3 Å². The molecule has 3 rings (SSSR count). The molecule has 1 fully saturated rings. The molecule has 0 saturated carbocycles. The van der Waals surface area contributed by atoms with Crippen LogP contribution in [0.2, 0.25) is 0 Å². The van der Waals surface area contributed by atoms with Gasteiger partial charge >= 0.3 is 5.97 Å². The molecule has 0 atom stereocenters. The third-order valence-corrected chi connectivity index (χ3v) is 4.26. The van der Waals surface area contributed by atoms with Gasteiger partial charge in [0.15, 0.2) is 0 Å². The van der Waals surface area contributed by atoms with Gasteiger partial charge in [-0.15, -0.1) is 0 Å². The van der Waals surface area contributed by atoms with E-state index >= 15 is 0 Å². The molecule has 0 amide bonds. The van der Waals surface area contributed by atoms with Crippen LogP contribution in [0.25, 0.3) is 0 Å². The van der Waals surface area contributed by atoms with Gasteiger partial charge in [-0.2, -0.15) is 10.5 Å². The highest BCUT2D eigenvalue weighted by Crippen LogP contribution is 2.12. The maximum Gasteiger partial charge on any atom is 0.335 e. The Morgan fingerprint density at radius 1 is 1.24 bits per heavy atom. The number of nitrogens with zero attached hydrogens (tertiary/aromatic N) is 3. The molecule has 0 spiro atoms. The van der Waals surface area contributed by atoms with Crippen molar-refractivity contribution in [3.63, 3.8) is 0 Å². The first-order valence-electron chi connectivity index (χ1n) is 8.28. The molecule has 1 aromatic rings. The quantitative estimate of drug-likeness (QED) is 0.704. The van der Waals surface area contributed by atoms with Crippen molar-refractivity contribution in [3.05, 3.63) is 47.4 Å². The molecule has 1 aromatic carbocycles. The highest BCUT2D eigenvalue weighted by atomic mass is 16.7. The molecule has 0 radical (unpaired) electrons. The van der Waals surface area contributed by atoms with Crippen molar-refractivity contribution in [1.82, 2.24) is 15.3 Å². The Balaban J connectivity index is 1.54. The number of carboxylic acids is 1. The van der Waals surface area contributed by atoms with E-state index in [0.29, 0.717) is 24.8 Å². The summed E-state index contributed by atoms with van der Waals surface area (Å²) in [6, 6.07) is 6.75. The van der Waals surface area contributed by atoms with Gasteiger partial charge in [0, 0.05) is 32.7 Å². The number of aliphatic imine (C=N–C) groups is 1. The number of benzene rings is 1. The zero-order chi connectivity index (χ0) is 17.6. The molecule has 3 N–H and O–H groups in total. The summed E-state index contributed by atoms with van der Waals surface area (Å²) in [5.74, 6) is 0.285. The van der Waals surface area contributed by atoms with Crippen molar-refractivity contribution < 1.29 is 19.8 Å².